The first-order valence-electron chi connectivity index (χ1n) is 10.6. The largest absolute Gasteiger partial charge is 0.326 e. The van der Waals surface area contributed by atoms with Gasteiger partial charge < -0.3 is 5.32 Å². The standard InChI is InChI=1S/C26H23N3O3S/c1-18(30)20-12-14-22(15-13-20)27-24(31)16-23-25(32)29(17-19-8-4-2-5-9-19)26(33-23)28-21-10-6-3-7-11-21/h2-15,23H,16-17H2,1H3,(H,27,31)/t23-/m0/s1. The summed E-state index contributed by atoms with van der Waals surface area (Å²) in [4.78, 5) is 43.6. The fraction of sp³-hybridized carbons (Fsp3) is 0.154. The Morgan fingerprint density at radius 3 is 2.21 bits per heavy atom. The molecule has 3 aromatic rings. The van der Waals surface area contributed by atoms with E-state index in [1.165, 1.54) is 18.7 Å². The molecule has 6 nitrogen and oxygen atoms in total. The molecular formula is C26H23N3O3S. The van der Waals surface area contributed by atoms with Crippen molar-refractivity contribution in [3.8, 4) is 0 Å². The fourth-order valence-electron chi connectivity index (χ4n) is 3.42. The average molecular weight is 458 g/mol. The van der Waals surface area contributed by atoms with Gasteiger partial charge in [-0.1, -0.05) is 60.3 Å². The summed E-state index contributed by atoms with van der Waals surface area (Å²) in [6.07, 6.45) is 0.0249. The molecule has 0 aromatic heterocycles. The van der Waals surface area contributed by atoms with E-state index in [0.29, 0.717) is 23.0 Å². The number of para-hydroxylation sites is 1. The highest BCUT2D eigenvalue weighted by Crippen LogP contribution is 2.33. The maximum Gasteiger partial charge on any atom is 0.242 e. The highest BCUT2D eigenvalue weighted by Gasteiger charge is 2.39. The zero-order valence-corrected chi connectivity index (χ0v) is 18.9. The third-order valence-electron chi connectivity index (χ3n) is 5.13. The van der Waals surface area contributed by atoms with E-state index in [4.69, 9.17) is 0 Å². The lowest BCUT2D eigenvalue weighted by molar-refractivity contribution is -0.128. The van der Waals surface area contributed by atoms with Crippen LogP contribution in [0.5, 0.6) is 0 Å². The van der Waals surface area contributed by atoms with Gasteiger partial charge in [-0.15, -0.1) is 0 Å². The molecule has 0 unspecified atom stereocenters. The lowest BCUT2D eigenvalue weighted by atomic mass is 10.1. The van der Waals surface area contributed by atoms with E-state index in [0.717, 1.165) is 11.3 Å². The summed E-state index contributed by atoms with van der Waals surface area (Å²) < 4.78 is 0. The molecule has 7 heteroatoms. The van der Waals surface area contributed by atoms with Gasteiger partial charge >= 0.3 is 0 Å². The van der Waals surface area contributed by atoms with Crippen molar-refractivity contribution in [2.24, 2.45) is 4.99 Å². The van der Waals surface area contributed by atoms with Gasteiger partial charge in [-0.25, -0.2) is 4.99 Å². The quantitative estimate of drug-likeness (QED) is 0.504. The van der Waals surface area contributed by atoms with Gasteiger partial charge in [0.15, 0.2) is 11.0 Å². The van der Waals surface area contributed by atoms with Crippen molar-refractivity contribution in [3.05, 3.63) is 96.1 Å². The SMILES string of the molecule is CC(=O)c1ccc(NC(=O)C[C@@H]2SC(=Nc3ccccc3)N(Cc3ccccc3)C2=O)cc1. The van der Waals surface area contributed by atoms with Crippen LogP contribution in [0.15, 0.2) is 89.9 Å². The van der Waals surface area contributed by atoms with Gasteiger partial charge in [0.2, 0.25) is 11.8 Å². The van der Waals surface area contributed by atoms with Crippen molar-refractivity contribution in [1.82, 2.24) is 4.90 Å². The van der Waals surface area contributed by atoms with Gasteiger partial charge in [-0.3, -0.25) is 19.3 Å². The van der Waals surface area contributed by atoms with Gasteiger partial charge in [0.1, 0.15) is 5.25 Å². The van der Waals surface area contributed by atoms with Crippen molar-refractivity contribution >= 4 is 45.9 Å². The van der Waals surface area contributed by atoms with E-state index in [1.807, 2.05) is 60.7 Å². The van der Waals surface area contributed by atoms with Crippen molar-refractivity contribution in [2.45, 2.75) is 25.1 Å². The van der Waals surface area contributed by atoms with Crippen LogP contribution in [0.3, 0.4) is 0 Å². The summed E-state index contributed by atoms with van der Waals surface area (Å²) in [6.45, 7) is 1.88. The second-order valence-corrected chi connectivity index (χ2v) is 8.80. The number of amidine groups is 1. The molecule has 1 heterocycles. The number of rotatable bonds is 7. The molecule has 1 aliphatic heterocycles. The Hall–Kier alpha value is -3.71. The highest BCUT2D eigenvalue weighted by molar-refractivity contribution is 8.15. The molecular weight excluding hydrogens is 434 g/mol. The Bertz CT molecular complexity index is 1180. The number of nitrogens with zero attached hydrogens (tertiary/aromatic N) is 2. The number of aliphatic imine (C=N–C) groups is 1. The first-order valence-corrected chi connectivity index (χ1v) is 11.4. The maximum absolute atomic E-state index is 13.2. The van der Waals surface area contributed by atoms with Gasteiger partial charge in [-0.05, 0) is 48.9 Å². The minimum atomic E-state index is -0.562. The maximum atomic E-state index is 13.2. The fourth-order valence-corrected chi connectivity index (χ4v) is 4.58. The van der Waals surface area contributed by atoms with E-state index in [2.05, 4.69) is 10.3 Å². The number of anilines is 1. The van der Waals surface area contributed by atoms with Crippen LogP contribution < -0.4 is 5.32 Å². The minimum Gasteiger partial charge on any atom is -0.326 e. The number of benzene rings is 3. The van der Waals surface area contributed by atoms with Gasteiger partial charge in [0, 0.05) is 17.7 Å². The second-order valence-electron chi connectivity index (χ2n) is 7.63. The first-order chi connectivity index (χ1) is 16.0. The molecule has 2 amide bonds. The molecule has 0 saturated carbocycles. The van der Waals surface area contributed by atoms with E-state index >= 15 is 0 Å². The molecule has 4 rings (SSSR count). The van der Waals surface area contributed by atoms with Crippen LogP contribution in [-0.2, 0) is 16.1 Å². The summed E-state index contributed by atoms with van der Waals surface area (Å²) in [5, 5.41) is 2.83. The molecule has 1 fully saturated rings. The monoisotopic (exact) mass is 457 g/mol. The molecule has 1 atom stereocenters. The van der Waals surface area contributed by atoms with Crippen molar-refractivity contribution in [3.63, 3.8) is 0 Å². The number of Topliss-reactive ketones (excluding diaryl/α,β-unsaturated/α-hetero) is 1. The number of thioether (sulfide) groups is 1. The van der Waals surface area contributed by atoms with Crippen molar-refractivity contribution in [2.75, 3.05) is 5.32 Å². The molecule has 0 radical (unpaired) electrons. The summed E-state index contributed by atoms with van der Waals surface area (Å²) in [6, 6.07) is 25.9. The number of carbonyl (C=O) groups is 3. The summed E-state index contributed by atoms with van der Waals surface area (Å²) >= 11 is 1.31. The molecule has 0 spiro atoms. The first kappa shape index (κ1) is 22.5. The molecule has 0 bridgehead atoms. The lowest BCUT2D eigenvalue weighted by Gasteiger charge is -2.16. The van der Waals surface area contributed by atoms with Crippen LogP contribution in [0.1, 0.15) is 29.3 Å². The molecule has 1 N–H and O–H groups in total. The molecule has 33 heavy (non-hydrogen) atoms. The van der Waals surface area contributed by atoms with Crippen LogP contribution in [-0.4, -0.2) is 32.9 Å². The Balaban J connectivity index is 1.49. The third-order valence-corrected chi connectivity index (χ3v) is 6.31. The van der Waals surface area contributed by atoms with Crippen LogP contribution in [0.4, 0.5) is 11.4 Å². The topological polar surface area (TPSA) is 78.8 Å². The smallest absolute Gasteiger partial charge is 0.242 e. The van der Waals surface area contributed by atoms with Crippen LogP contribution in [0.25, 0.3) is 0 Å². The van der Waals surface area contributed by atoms with Crippen LogP contribution in [0.2, 0.25) is 0 Å². The molecule has 0 aliphatic carbocycles. The lowest BCUT2D eigenvalue weighted by Crippen LogP contribution is -2.33. The highest BCUT2D eigenvalue weighted by atomic mass is 32.2. The second kappa shape index (κ2) is 10.3. The van der Waals surface area contributed by atoms with Gasteiger partial charge in [0.05, 0.1) is 12.2 Å². The molecule has 166 valence electrons. The summed E-state index contributed by atoms with van der Waals surface area (Å²) in [5.74, 6) is -0.442. The van der Waals surface area contributed by atoms with Gasteiger partial charge in [-0.2, -0.15) is 0 Å². The van der Waals surface area contributed by atoms with Gasteiger partial charge in [0.25, 0.3) is 0 Å². The average Bonchev–Trinajstić information content (AvgIpc) is 3.09. The normalized spacial score (nSPS) is 16.8. The Labute approximate surface area is 196 Å². The number of nitrogens with one attached hydrogen (secondary N) is 1. The summed E-state index contributed by atoms with van der Waals surface area (Å²) in [7, 11) is 0. The molecule has 1 saturated heterocycles. The predicted molar refractivity (Wildman–Crippen MR) is 132 cm³/mol. The zero-order chi connectivity index (χ0) is 23.2. The van der Waals surface area contributed by atoms with Crippen LogP contribution >= 0.6 is 11.8 Å². The number of carbonyl (C=O) groups excluding carboxylic acids is 3. The Morgan fingerprint density at radius 1 is 0.939 bits per heavy atom. The summed E-state index contributed by atoms with van der Waals surface area (Å²) in [5.41, 5.74) is 2.90. The molecule has 3 aromatic carbocycles. The Morgan fingerprint density at radius 2 is 1.58 bits per heavy atom. The third kappa shape index (κ3) is 5.75. The number of hydrogen-bond acceptors (Lipinski definition) is 5. The zero-order valence-electron chi connectivity index (χ0n) is 18.1. The van der Waals surface area contributed by atoms with E-state index in [1.54, 1.807) is 29.2 Å². The number of amides is 2. The molecule has 1 aliphatic rings. The van der Waals surface area contributed by atoms with Crippen molar-refractivity contribution < 1.29 is 14.4 Å². The Kier molecular flexibility index (Phi) is 7.00. The van der Waals surface area contributed by atoms with E-state index in [-0.39, 0.29) is 24.0 Å². The van der Waals surface area contributed by atoms with E-state index < -0.39 is 5.25 Å². The minimum absolute atomic E-state index is 0.0249. The van der Waals surface area contributed by atoms with Crippen molar-refractivity contribution in [1.29, 1.82) is 0 Å². The predicted octanol–water partition coefficient (Wildman–Crippen LogP) is 5.05. The van der Waals surface area contributed by atoms with E-state index in [9.17, 15) is 14.4 Å². The van der Waals surface area contributed by atoms with Crippen LogP contribution in [0, 0.1) is 0 Å². The number of hydrogen-bond donors (Lipinski definition) is 1. The number of ketones is 1.